The first-order valence-electron chi connectivity index (χ1n) is 9.25. The van der Waals surface area contributed by atoms with Crippen LogP contribution in [0.1, 0.15) is 37.7 Å². The number of aromatic nitrogens is 2. The molecule has 0 radical (unpaired) electrons. The Bertz CT molecular complexity index is 594. The summed E-state index contributed by atoms with van der Waals surface area (Å²) in [5.74, 6) is 0.941. The van der Waals surface area contributed by atoms with Crippen molar-refractivity contribution in [2.45, 2.75) is 44.2 Å². The van der Waals surface area contributed by atoms with Gasteiger partial charge in [0.2, 0.25) is 5.91 Å². The molecule has 2 saturated heterocycles. The minimum absolute atomic E-state index is 0.189. The molecule has 0 unspecified atom stereocenters. The Hall–Kier alpha value is -1.40. The molecule has 3 aliphatic rings. The Morgan fingerprint density at radius 2 is 2.08 bits per heavy atom. The van der Waals surface area contributed by atoms with Crippen LogP contribution in [0.4, 0.5) is 0 Å². The van der Waals surface area contributed by atoms with Gasteiger partial charge < -0.3 is 9.64 Å². The van der Waals surface area contributed by atoms with Gasteiger partial charge in [0.15, 0.2) is 0 Å². The molecule has 6 heteroatoms. The zero-order chi connectivity index (χ0) is 16.7. The number of ether oxygens (including phenoxy) is 1. The molecular formula is C18H28N4O2. The Kier molecular flexibility index (Phi) is 4.35. The molecule has 1 aliphatic carbocycles. The smallest absolute Gasteiger partial charge is 0.226 e. The molecule has 4 rings (SSSR count). The summed E-state index contributed by atoms with van der Waals surface area (Å²) < 4.78 is 7.46. The molecule has 132 valence electrons. The molecule has 1 aromatic heterocycles. The Morgan fingerprint density at radius 3 is 2.75 bits per heavy atom. The number of amides is 1. The minimum atomic E-state index is 0.189. The average Bonchev–Trinajstić information content (AvgIpc) is 3.28. The Morgan fingerprint density at radius 1 is 1.29 bits per heavy atom. The molecule has 2 aliphatic heterocycles. The molecule has 24 heavy (non-hydrogen) atoms. The molecule has 3 fully saturated rings. The zero-order valence-electron chi connectivity index (χ0n) is 14.7. The highest BCUT2D eigenvalue weighted by atomic mass is 16.5. The number of carbonyl (C=O) groups excluding carboxylic acids is 1. The topological polar surface area (TPSA) is 50.6 Å². The third kappa shape index (κ3) is 3.22. The van der Waals surface area contributed by atoms with Gasteiger partial charge in [-0.1, -0.05) is 0 Å². The normalized spacial score (nSPS) is 32.1. The third-order valence-electron chi connectivity index (χ3n) is 5.83. The van der Waals surface area contributed by atoms with E-state index in [1.54, 1.807) is 0 Å². The van der Waals surface area contributed by atoms with Gasteiger partial charge in [-0.2, -0.15) is 5.10 Å². The fraction of sp³-hybridized carbons (Fsp3) is 0.778. The summed E-state index contributed by atoms with van der Waals surface area (Å²) in [7, 11) is 1.93. The molecule has 1 aromatic rings. The van der Waals surface area contributed by atoms with Crippen molar-refractivity contribution in [3.8, 4) is 0 Å². The van der Waals surface area contributed by atoms with Crippen molar-refractivity contribution >= 4 is 5.91 Å². The van der Waals surface area contributed by atoms with Gasteiger partial charge in [-0.05, 0) is 37.7 Å². The molecule has 3 heterocycles. The van der Waals surface area contributed by atoms with Crippen LogP contribution in [0.15, 0.2) is 12.4 Å². The van der Waals surface area contributed by atoms with Crippen LogP contribution in [-0.2, 0) is 16.6 Å². The monoisotopic (exact) mass is 332 g/mol. The van der Waals surface area contributed by atoms with E-state index in [0.29, 0.717) is 24.0 Å². The first-order chi connectivity index (χ1) is 11.6. The van der Waals surface area contributed by atoms with Crippen LogP contribution in [0, 0.1) is 5.92 Å². The standard InChI is InChI=1S/C18H28N4O2/c1-13-11-22(7-8-24-13)15-3-5-21(6-4-15)18(23)17-9-16(17)14-10-19-20(2)12-14/h10,12-13,15-17H,3-9,11H2,1-2H3/t13-,16+,17+/m1/s1. The summed E-state index contributed by atoms with van der Waals surface area (Å²) in [6.07, 6.45) is 7.48. The fourth-order valence-corrected chi connectivity index (χ4v) is 4.33. The highest BCUT2D eigenvalue weighted by Crippen LogP contribution is 2.48. The van der Waals surface area contributed by atoms with Gasteiger partial charge in [0.05, 0.1) is 18.9 Å². The maximum atomic E-state index is 12.8. The van der Waals surface area contributed by atoms with E-state index in [1.807, 2.05) is 24.1 Å². The quantitative estimate of drug-likeness (QED) is 0.836. The van der Waals surface area contributed by atoms with E-state index >= 15 is 0 Å². The van der Waals surface area contributed by atoms with E-state index in [1.165, 1.54) is 5.56 Å². The fourth-order valence-electron chi connectivity index (χ4n) is 4.33. The first-order valence-corrected chi connectivity index (χ1v) is 9.25. The summed E-state index contributed by atoms with van der Waals surface area (Å²) in [5, 5.41) is 4.23. The van der Waals surface area contributed by atoms with Crippen LogP contribution in [0.3, 0.4) is 0 Å². The van der Waals surface area contributed by atoms with Crippen molar-refractivity contribution in [3.05, 3.63) is 18.0 Å². The first kappa shape index (κ1) is 16.1. The number of morpholine rings is 1. The van der Waals surface area contributed by atoms with Crippen LogP contribution in [0.5, 0.6) is 0 Å². The maximum absolute atomic E-state index is 12.8. The highest BCUT2D eigenvalue weighted by Gasteiger charge is 2.46. The molecule has 1 saturated carbocycles. The number of nitrogens with zero attached hydrogens (tertiary/aromatic N) is 4. The van der Waals surface area contributed by atoms with Crippen LogP contribution in [-0.4, -0.2) is 70.4 Å². The van der Waals surface area contributed by atoms with Crippen molar-refractivity contribution in [1.82, 2.24) is 19.6 Å². The Balaban J connectivity index is 1.28. The van der Waals surface area contributed by atoms with E-state index in [4.69, 9.17) is 4.74 Å². The van der Waals surface area contributed by atoms with Crippen LogP contribution < -0.4 is 0 Å². The van der Waals surface area contributed by atoms with Crippen molar-refractivity contribution in [3.63, 3.8) is 0 Å². The number of rotatable bonds is 3. The van der Waals surface area contributed by atoms with Gasteiger partial charge in [0.1, 0.15) is 0 Å². The average molecular weight is 332 g/mol. The lowest BCUT2D eigenvalue weighted by atomic mass is 10.0. The van der Waals surface area contributed by atoms with Crippen molar-refractivity contribution in [1.29, 1.82) is 0 Å². The summed E-state index contributed by atoms with van der Waals surface area (Å²) in [4.78, 5) is 17.4. The van der Waals surface area contributed by atoms with Gasteiger partial charge in [-0.15, -0.1) is 0 Å². The predicted octanol–water partition coefficient (Wildman–Crippen LogP) is 1.24. The lowest BCUT2D eigenvalue weighted by Crippen LogP contribution is -2.52. The summed E-state index contributed by atoms with van der Waals surface area (Å²) in [6.45, 7) is 6.88. The zero-order valence-corrected chi connectivity index (χ0v) is 14.7. The van der Waals surface area contributed by atoms with Gasteiger partial charge >= 0.3 is 0 Å². The summed E-state index contributed by atoms with van der Waals surface area (Å²) in [6, 6.07) is 0.619. The van der Waals surface area contributed by atoms with Crippen LogP contribution >= 0.6 is 0 Å². The second-order valence-electron chi connectivity index (χ2n) is 7.63. The number of piperidine rings is 1. The molecule has 6 nitrogen and oxygen atoms in total. The number of hydrogen-bond donors (Lipinski definition) is 0. The van der Waals surface area contributed by atoms with Crippen LogP contribution in [0.2, 0.25) is 0 Å². The van der Waals surface area contributed by atoms with Gasteiger partial charge in [0, 0.05) is 51.4 Å². The van der Waals surface area contributed by atoms with E-state index in [2.05, 4.69) is 21.8 Å². The SMILES string of the molecule is C[C@@H]1CN(C2CCN(C(=O)[C@H]3C[C@H]3c3cnn(C)c3)CC2)CCO1. The molecular weight excluding hydrogens is 304 g/mol. The van der Waals surface area contributed by atoms with Crippen molar-refractivity contribution in [2.24, 2.45) is 13.0 Å². The lowest BCUT2D eigenvalue weighted by Gasteiger charge is -2.41. The van der Waals surface area contributed by atoms with Gasteiger partial charge in [-0.25, -0.2) is 0 Å². The molecule has 0 N–H and O–H groups in total. The third-order valence-corrected chi connectivity index (χ3v) is 5.83. The lowest BCUT2D eigenvalue weighted by molar-refractivity contribution is -0.134. The molecule has 0 bridgehead atoms. The molecule has 3 atom stereocenters. The number of likely N-dealkylation sites (tertiary alicyclic amines) is 1. The molecule has 1 amide bonds. The number of carbonyl (C=O) groups is 1. The molecule has 0 spiro atoms. The van der Waals surface area contributed by atoms with E-state index < -0.39 is 0 Å². The summed E-state index contributed by atoms with van der Waals surface area (Å²) >= 11 is 0. The largest absolute Gasteiger partial charge is 0.376 e. The van der Waals surface area contributed by atoms with Gasteiger partial charge in [-0.3, -0.25) is 14.4 Å². The van der Waals surface area contributed by atoms with Gasteiger partial charge in [0.25, 0.3) is 0 Å². The highest BCUT2D eigenvalue weighted by molar-refractivity contribution is 5.83. The number of hydrogen-bond acceptors (Lipinski definition) is 4. The predicted molar refractivity (Wildman–Crippen MR) is 90.6 cm³/mol. The second-order valence-corrected chi connectivity index (χ2v) is 7.63. The summed E-state index contributed by atoms with van der Waals surface area (Å²) in [5.41, 5.74) is 1.22. The second kappa shape index (κ2) is 6.48. The van der Waals surface area contributed by atoms with Crippen LogP contribution in [0.25, 0.3) is 0 Å². The van der Waals surface area contributed by atoms with Crippen molar-refractivity contribution in [2.75, 3.05) is 32.8 Å². The van der Waals surface area contributed by atoms with E-state index in [0.717, 1.165) is 52.0 Å². The minimum Gasteiger partial charge on any atom is -0.376 e. The number of aryl methyl sites for hydroxylation is 1. The molecule has 0 aromatic carbocycles. The van der Waals surface area contributed by atoms with E-state index in [-0.39, 0.29) is 5.92 Å². The maximum Gasteiger partial charge on any atom is 0.226 e. The van der Waals surface area contributed by atoms with Crippen molar-refractivity contribution < 1.29 is 9.53 Å². The Labute approximate surface area is 143 Å². The van der Waals surface area contributed by atoms with E-state index in [9.17, 15) is 4.79 Å².